The number of ketones is 1. The molecule has 1 aliphatic rings. The molecule has 0 unspecified atom stereocenters. The predicted molar refractivity (Wildman–Crippen MR) is 146 cm³/mol. The number of hydrogen-bond donors (Lipinski definition) is 0. The van der Waals surface area contributed by atoms with E-state index in [9.17, 15) is 27.6 Å². The molecule has 0 radical (unpaired) electrons. The fourth-order valence-corrected chi connectivity index (χ4v) is 5.16. The molecular weight excluding hydrogens is 565 g/mol. The van der Waals surface area contributed by atoms with Crippen molar-refractivity contribution < 1.29 is 32.3 Å². The van der Waals surface area contributed by atoms with Crippen molar-refractivity contribution in [3.63, 3.8) is 0 Å². The molecule has 2 amide bonds. The van der Waals surface area contributed by atoms with Crippen LogP contribution < -0.4 is 0 Å². The standard InChI is InChI=1S/C28H23Cl2NO7S/c1-16-8-10-17(11-9-16)24(32)25(18-6-4-3-5-7-18)38-28(35)23(12-13-39(2,36)37)31-26(33)19-14-21(29)22(30)15-20(19)27(31)34/h3-11,14-15,23,25H,12-13H2,1-2H3/t23-,25+/m1/s1. The van der Waals surface area contributed by atoms with Crippen LogP contribution in [0.2, 0.25) is 10.0 Å². The van der Waals surface area contributed by atoms with Gasteiger partial charge in [0.15, 0.2) is 6.10 Å². The number of benzene rings is 3. The third-order valence-electron chi connectivity index (χ3n) is 6.22. The van der Waals surface area contributed by atoms with E-state index in [0.29, 0.717) is 10.5 Å². The van der Waals surface area contributed by atoms with Gasteiger partial charge in [0.05, 0.1) is 26.9 Å². The maximum atomic E-state index is 13.6. The Hall–Kier alpha value is -3.53. The summed E-state index contributed by atoms with van der Waals surface area (Å²) in [4.78, 5) is 54.3. The molecule has 2 atom stereocenters. The van der Waals surface area contributed by atoms with Gasteiger partial charge in [-0.1, -0.05) is 83.4 Å². The molecule has 0 saturated carbocycles. The number of esters is 1. The number of nitrogens with zero attached hydrogens (tertiary/aromatic N) is 1. The molecular formula is C28H23Cl2NO7S. The highest BCUT2D eigenvalue weighted by atomic mass is 35.5. The third kappa shape index (κ3) is 6.21. The zero-order valence-electron chi connectivity index (χ0n) is 20.9. The molecule has 39 heavy (non-hydrogen) atoms. The lowest BCUT2D eigenvalue weighted by Gasteiger charge is -2.27. The zero-order valence-corrected chi connectivity index (χ0v) is 23.2. The van der Waals surface area contributed by atoms with Gasteiger partial charge in [-0.05, 0) is 25.5 Å². The summed E-state index contributed by atoms with van der Waals surface area (Å²) >= 11 is 12.1. The second-order valence-corrected chi connectivity index (χ2v) is 12.3. The number of carbonyl (C=O) groups is 4. The molecule has 1 aliphatic heterocycles. The number of amides is 2. The molecule has 0 aliphatic carbocycles. The first-order valence-electron chi connectivity index (χ1n) is 11.8. The highest BCUT2D eigenvalue weighted by Crippen LogP contribution is 2.34. The smallest absolute Gasteiger partial charge is 0.330 e. The number of Topliss-reactive ketones (excluding diaryl/α,β-unsaturated/α-hetero) is 1. The second-order valence-electron chi connectivity index (χ2n) is 9.18. The number of carbonyl (C=O) groups excluding carboxylic acids is 4. The summed E-state index contributed by atoms with van der Waals surface area (Å²) in [6.07, 6.45) is -0.892. The zero-order chi connectivity index (χ0) is 28.5. The predicted octanol–water partition coefficient (Wildman–Crippen LogP) is 4.87. The van der Waals surface area contributed by atoms with E-state index in [-0.39, 0.29) is 26.7 Å². The van der Waals surface area contributed by atoms with Gasteiger partial charge in [0.2, 0.25) is 5.78 Å². The van der Waals surface area contributed by atoms with Crippen LogP contribution in [0.1, 0.15) is 54.7 Å². The van der Waals surface area contributed by atoms with Gasteiger partial charge in [0, 0.05) is 17.4 Å². The summed E-state index contributed by atoms with van der Waals surface area (Å²) < 4.78 is 29.6. The number of imide groups is 1. The van der Waals surface area contributed by atoms with Crippen LogP contribution in [0.4, 0.5) is 0 Å². The van der Waals surface area contributed by atoms with Crippen LogP contribution in [0, 0.1) is 6.92 Å². The lowest BCUT2D eigenvalue weighted by atomic mass is 9.99. The van der Waals surface area contributed by atoms with E-state index in [1.54, 1.807) is 54.6 Å². The van der Waals surface area contributed by atoms with Gasteiger partial charge in [-0.25, -0.2) is 13.2 Å². The fraction of sp³-hybridized carbons (Fsp3) is 0.214. The van der Waals surface area contributed by atoms with E-state index >= 15 is 0 Å². The van der Waals surface area contributed by atoms with Gasteiger partial charge in [-0.2, -0.15) is 0 Å². The first-order valence-corrected chi connectivity index (χ1v) is 14.6. The van der Waals surface area contributed by atoms with Crippen molar-refractivity contribution >= 4 is 56.6 Å². The van der Waals surface area contributed by atoms with Gasteiger partial charge in [-0.3, -0.25) is 19.3 Å². The molecule has 3 aromatic carbocycles. The van der Waals surface area contributed by atoms with Gasteiger partial charge in [0.25, 0.3) is 11.8 Å². The Morgan fingerprint density at radius 2 is 1.44 bits per heavy atom. The molecule has 11 heteroatoms. The number of sulfone groups is 1. The summed E-state index contributed by atoms with van der Waals surface area (Å²) in [5, 5.41) is 0.0584. The molecule has 0 saturated heterocycles. The lowest BCUT2D eigenvalue weighted by Crippen LogP contribution is -2.47. The molecule has 0 fully saturated rings. The molecule has 0 spiro atoms. The van der Waals surface area contributed by atoms with E-state index in [1.165, 1.54) is 12.1 Å². The van der Waals surface area contributed by atoms with Gasteiger partial charge in [0.1, 0.15) is 15.9 Å². The molecule has 3 aromatic rings. The third-order valence-corrected chi connectivity index (χ3v) is 7.91. The number of halogens is 2. The number of ether oxygens (including phenoxy) is 1. The van der Waals surface area contributed by atoms with Crippen molar-refractivity contribution in [1.29, 1.82) is 0 Å². The highest BCUT2D eigenvalue weighted by Gasteiger charge is 2.45. The summed E-state index contributed by atoms with van der Waals surface area (Å²) in [6.45, 7) is 1.86. The van der Waals surface area contributed by atoms with Crippen molar-refractivity contribution in [2.75, 3.05) is 12.0 Å². The van der Waals surface area contributed by atoms with Crippen molar-refractivity contribution in [3.05, 3.63) is 105 Å². The van der Waals surface area contributed by atoms with Gasteiger partial charge < -0.3 is 4.74 Å². The number of rotatable bonds is 9. The first kappa shape index (κ1) is 28.5. The second kappa shape index (κ2) is 11.3. The molecule has 202 valence electrons. The van der Waals surface area contributed by atoms with E-state index in [0.717, 1.165) is 11.8 Å². The normalized spacial score (nSPS) is 14.6. The molecule has 4 rings (SSSR count). The Bertz CT molecular complexity index is 1530. The SMILES string of the molecule is Cc1ccc(C(=O)[C@@H](OC(=O)[C@@H](CCS(C)(=O)=O)N2C(=O)c3cc(Cl)c(Cl)cc3C2=O)c2ccccc2)cc1. The Kier molecular flexibility index (Phi) is 8.25. The van der Waals surface area contributed by atoms with E-state index in [1.807, 2.05) is 6.92 Å². The van der Waals surface area contributed by atoms with Crippen LogP contribution in [0.25, 0.3) is 0 Å². The maximum absolute atomic E-state index is 13.6. The number of hydrogen-bond acceptors (Lipinski definition) is 7. The Labute approximate surface area is 235 Å². The topological polar surface area (TPSA) is 115 Å². The maximum Gasteiger partial charge on any atom is 0.330 e. The van der Waals surface area contributed by atoms with Crippen molar-refractivity contribution in [2.45, 2.75) is 25.5 Å². The minimum Gasteiger partial charge on any atom is -0.447 e. The Morgan fingerprint density at radius 1 is 0.897 bits per heavy atom. The first-order chi connectivity index (χ1) is 18.4. The monoisotopic (exact) mass is 587 g/mol. The molecule has 0 aromatic heterocycles. The minimum absolute atomic E-state index is 0.0292. The minimum atomic E-state index is -3.61. The van der Waals surface area contributed by atoms with Crippen LogP contribution >= 0.6 is 23.2 Å². The Balaban J connectivity index is 1.72. The molecule has 1 heterocycles. The van der Waals surface area contributed by atoms with Gasteiger partial charge in [-0.15, -0.1) is 0 Å². The van der Waals surface area contributed by atoms with Crippen LogP contribution in [-0.2, 0) is 19.4 Å². The van der Waals surface area contributed by atoms with Crippen molar-refractivity contribution in [2.24, 2.45) is 0 Å². The molecule has 0 bridgehead atoms. The van der Waals surface area contributed by atoms with E-state index < -0.39 is 57.7 Å². The van der Waals surface area contributed by atoms with Crippen LogP contribution in [0.15, 0.2) is 66.7 Å². The summed E-state index contributed by atoms with van der Waals surface area (Å²) in [7, 11) is -3.61. The average molecular weight is 588 g/mol. The quantitative estimate of drug-likeness (QED) is 0.199. The fourth-order valence-electron chi connectivity index (χ4n) is 4.18. The van der Waals surface area contributed by atoms with Crippen LogP contribution in [0.3, 0.4) is 0 Å². The number of fused-ring (bicyclic) bond motifs is 1. The number of aryl methyl sites for hydroxylation is 1. The van der Waals surface area contributed by atoms with Crippen LogP contribution in [-0.4, -0.2) is 54.9 Å². The van der Waals surface area contributed by atoms with Crippen LogP contribution in [0.5, 0.6) is 0 Å². The summed E-state index contributed by atoms with van der Waals surface area (Å²) in [6, 6.07) is 15.7. The molecule has 0 N–H and O–H groups in total. The largest absolute Gasteiger partial charge is 0.447 e. The highest BCUT2D eigenvalue weighted by molar-refractivity contribution is 7.90. The Morgan fingerprint density at radius 3 is 1.95 bits per heavy atom. The van der Waals surface area contributed by atoms with Crippen molar-refractivity contribution in [3.8, 4) is 0 Å². The average Bonchev–Trinajstić information content (AvgIpc) is 3.12. The summed E-state index contributed by atoms with van der Waals surface area (Å²) in [5.41, 5.74) is 1.40. The van der Waals surface area contributed by atoms with E-state index in [2.05, 4.69) is 0 Å². The molecule has 8 nitrogen and oxygen atoms in total. The summed E-state index contributed by atoms with van der Waals surface area (Å²) in [5.74, 6) is -3.88. The van der Waals surface area contributed by atoms with Gasteiger partial charge >= 0.3 is 5.97 Å². The van der Waals surface area contributed by atoms with Crippen molar-refractivity contribution in [1.82, 2.24) is 4.90 Å². The lowest BCUT2D eigenvalue weighted by molar-refractivity contribution is -0.152. The van der Waals surface area contributed by atoms with E-state index in [4.69, 9.17) is 27.9 Å².